The Hall–Kier alpha value is -3.62. The summed E-state index contributed by atoms with van der Waals surface area (Å²) in [4.78, 5) is 43.0. The molecule has 2 amide bonds. The van der Waals surface area contributed by atoms with Crippen molar-refractivity contribution >= 4 is 28.3 Å². The molecule has 1 saturated heterocycles. The maximum absolute atomic E-state index is 13.4. The zero-order valence-electron chi connectivity index (χ0n) is 17.4. The summed E-state index contributed by atoms with van der Waals surface area (Å²) in [7, 11) is 3.17. The molecule has 1 atom stereocenters. The minimum Gasteiger partial charge on any atom is -0.348 e. The van der Waals surface area contributed by atoms with Gasteiger partial charge in [-0.3, -0.25) is 14.4 Å². The lowest BCUT2D eigenvalue weighted by Gasteiger charge is -2.19. The standard InChI is InChI=1S/C23H20F3N3O3/c1-28(2)21(31)16-9-10-29(22(16)32)14-8-7-13-11-19(27-20(30)17(13)12-14)15-5-3-4-6-18(15)23(24,25)26/h3-8,11-12,16H,9-10H2,1-2H3,(H,27,30). The maximum Gasteiger partial charge on any atom is 0.417 e. The number of carbonyl (C=O) groups excluding carboxylic acids is 2. The highest BCUT2D eigenvalue weighted by Gasteiger charge is 2.38. The fourth-order valence-electron chi connectivity index (χ4n) is 4.00. The predicted octanol–water partition coefficient (Wildman–Crippen LogP) is 3.66. The molecule has 32 heavy (non-hydrogen) atoms. The third-order valence-electron chi connectivity index (χ3n) is 5.61. The molecule has 0 saturated carbocycles. The Balaban J connectivity index is 1.73. The van der Waals surface area contributed by atoms with Crippen LogP contribution in [-0.4, -0.2) is 42.3 Å². The highest BCUT2D eigenvalue weighted by Crippen LogP contribution is 2.37. The van der Waals surface area contributed by atoms with Gasteiger partial charge in [-0.25, -0.2) is 0 Å². The van der Waals surface area contributed by atoms with E-state index < -0.39 is 23.2 Å². The summed E-state index contributed by atoms with van der Waals surface area (Å²) in [5.41, 5.74) is -1.01. The van der Waals surface area contributed by atoms with Gasteiger partial charge in [0.25, 0.3) is 5.56 Å². The molecule has 3 aromatic rings. The van der Waals surface area contributed by atoms with Crippen LogP contribution in [0.15, 0.2) is 53.3 Å². The van der Waals surface area contributed by atoms with Crippen LogP contribution in [0.25, 0.3) is 22.0 Å². The van der Waals surface area contributed by atoms with Crippen LogP contribution in [0, 0.1) is 5.92 Å². The normalized spacial score (nSPS) is 16.6. The first-order chi connectivity index (χ1) is 15.1. The summed E-state index contributed by atoms with van der Waals surface area (Å²) in [6.07, 6.45) is -4.19. The average molecular weight is 443 g/mol. The zero-order valence-corrected chi connectivity index (χ0v) is 17.4. The van der Waals surface area contributed by atoms with Crippen molar-refractivity contribution in [2.75, 3.05) is 25.5 Å². The lowest BCUT2D eigenvalue weighted by Crippen LogP contribution is -2.36. The molecule has 0 bridgehead atoms. The van der Waals surface area contributed by atoms with Gasteiger partial charge in [0, 0.05) is 43.0 Å². The number of alkyl halides is 3. The van der Waals surface area contributed by atoms with E-state index in [9.17, 15) is 27.6 Å². The Kier molecular flexibility index (Phi) is 5.28. The van der Waals surface area contributed by atoms with E-state index in [1.165, 1.54) is 40.1 Å². The molecule has 1 aliphatic rings. The average Bonchev–Trinajstić information content (AvgIpc) is 3.13. The van der Waals surface area contributed by atoms with E-state index in [1.807, 2.05) is 0 Å². The summed E-state index contributed by atoms with van der Waals surface area (Å²) in [5, 5.41) is 0.683. The van der Waals surface area contributed by atoms with Gasteiger partial charge in [-0.15, -0.1) is 0 Å². The second kappa shape index (κ2) is 7.81. The molecule has 0 aliphatic carbocycles. The fourth-order valence-corrected chi connectivity index (χ4v) is 4.00. The van der Waals surface area contributed by atoms with Gasteiger partial charge < -0.3 is 14.8 Å². The van der Waals surface area contributed by atoms with E-state index in [1.54, 1.807) is 26.2 Å². The van der Waals surface area contributed by atoms with Crippen molar-refractivity contribution in [3.05, 3.63) is 64.4 Å². The fraction of sp³-hybridized carbons (Fsp3) is 0.261. The molecule has 0 radical (unpaired) electrons. The highest BCUT2D eigenvalue weighted by atomic mass is 19.4. The number of pyridine rings is 1. The molecule has 1 N–H and O–H groups in total. The lowest BCUT2D eigenvalue weighted by molar-refractivity contribution is -0.138. The van der Waals surface area contributed by atoms with Gasteiger partial charge in [-0.05, 0) is 36.1 Å². The SMILES string of the molecule is CN(C)C(=O)C1CCN(c2ccc3cc(-c4ccccc4C(F)(F)F)[nH]c(=O)c3c2)C1=O. The minimum absolute atomic E-state index is 0.0528. The van der Waals surface area contributed by atoms with Crippen molar-refractivity contribution in [3.63, 3.8) is 0 Å². The number of carbonyl (C=O) groups is 2. The van der Waals surface area contributed by atoms with E-state index >= 15 is 0 Å². The Morgan fingerprint density at radius 3 is 2.50 bits per heavy atom. The Morgan fingerprint density at radius 2 is 1.81 bits per heavy atom. The number of fused-ring (bicyclic) bond motifs is 1. The number of hydrogen-bond acceptors (Lipinski definition) is 3. The van der Waals surface area contributed by atoms with Crippen LogP contribution in [0.5, 0.6) is 0 Å². The van der Waals surface area contributed by atoms with Gasteiger partial charge >= 0.3 is 6.18 Å². The number of anilines is 1. The Morgan fingerprint density at radius 1 is 1.09 bits per heavy atom. The molecule has 0 spiro atoms. The second-order valence-electron chi connectivity index (χ2n) is 7.89. The van der Waals surface area contributed by atoms with Crippen LogP contribution < -0.4 is 10.5 Å². The first kappa shape index (κ1) is 21.6. The zero-order chi connectivity index (χ0) is 23.2. The number of amides is 2. The Bertz CT molecular complexity index is 1280. The van der Waals surface area contributed by atoms with E-state index in [-0.39, 0.29) is 28.5 Å². The topological polar surface area (TPSA) is 73.5 Å². The number of nitrogens with zero attached hydrogens (tertiary/aromatic N) is 2. The smallest absolute Gasteiger partial charge is 0.348 e. The predicted molar refractivity (Wildman–Crippen MR) is 114 cm³/mol. The maximum atomic E-state index is 13.4. The first-order valence-electron chi connectivity index (χ1n) is 9.94. The second-order valence-corrected chi connectivity index (χ2v) is 7.89. The number of hydrogen-bond donors (Lipinski definition) is 1. The number of aromatic nitrogens is 1. The third kappa shape index (κ3) is 3.74. The van der Waals surface area contributed by atoms with Gasteiger partial charge in [0.05, 0.1) is 5.56 Å². The van der Waals surface area contributed by atoms with Gasteiger partial charge in [-0.2, -0.15) is 13.2 Å². The van der Waals surface area contributed by atoms with Gasteiger partial charge in [-0.1, -0.05) is 24.3 Å². The minimum atomic E-state index is -4.57. The summed E-state index contributed by atoms with van der Waals surface area (Å²) in [6, 6.07) is 11.3. The monoisotopic (exact) mass is 443 g/mol. The van der Waals surface area contributed by atoms with E-state index in [2.05, 4.69) is 4.98 Å². The van der Waals surface area contributed by atoms with Gasteiger partial charge in [0.15, 0.2) is 0 Å². The van der Waals surface area contributed by atoms with Crippen molar-refractivity contribution < 1.29 is 22.8 Å². The molecule has 1 aromatic heterocycles. The van der Waals surface area contributed by atoms with Gasteiger partial charge in [0.1, 0.15) is 5.92 Å². The summed E-state index contributed by atoms with van der Waals surface area (Å²) < 4.78 is 40.2. The highest BCUT2D eigenvalue weighted by molar-refractivity contribution is 6.10. The van der Waals surface area contributed by atoms with Crippen LogP contribution in [0.3, 0.4) is 0 Å². The molecule has 1 aliphatic heterocycles. The molecular weight excluding hydrogens is 423 g/mol. The molecule has 6 nitrogen and oxygen atoms in total. The van der Waals surface area contributed by atoms with Crippen molar-refractivity contribution in [1.29, 1.82) is 0 Å². The summed E-state index contributed by atoms with van der Waals surface area (Å²) in [6.45, 7) is 0.337. The number of rotatable bonds is 3. The van der Waals surface area contributed by atoms with Crippen LogP contribution >= 0.6 is 0 Å². The van der Waals surface area contributed by atoms with E-state index in [0.29, 0.717) is 24.0 Å². The largest absolute Gasteiger partial charge is 0.417 e. The van der Waals surface area contributed by atoms with E-state index in [4.69, 9.17) is 0 Å². The van der Waals surface area contributed by atoms with Crippen LogP contribution in [-0.2, 0) is 15.8 Å². The molecular formula is C23H20F3N3O3. The molecule has 2 aromatic carbocycles. The van der Waals surface area contributed by atoms with E-state index in [0.717, 1.165) is 6.07 Å². The number of nitrogens with one attached hydrogen (secondary N) is 1. The third-order valence-corrected chi connectivity index (χ3v) is 5.61. The quantitative estimate of drug-likeness (QED) is 0.628. The molecule has 1 fully saturated rings. The molecule has 166 valence electrons. The van der Waals surface area contributed by atoms with Crippen molar-refractivity contribution in [3.8, 4) is 11.3 Å². The number of benzene rings is 2. The first-order valence-corrected chi connectivity index (χ1v) is 9.94. The molecule has 9 heteroatoms. The van der Waals surface area contributed by atoms with Crippen LogP contribution in [0.1, 0.15) is 12.0 Å². The van der Waals surface area contributed by atoms with Crippen molar-refractivity contribution in [2.24, 2.45) is 5.92 Å². The summed E-state index contributed by atoms with van der Waals surface area (Å²) >= 11 is 0. The van der Waals surface area contributed by atoms with Gasteiger partial charge in [0.2, 0.25) is 11.8 Å². The van der Waals surface area contributed by atoms with Crippen LogP contribution in [0.2, 0.25) is 0 Å². The van der Waals surface area contributed by atoms with Crippen molar-refractivity contribution in [2.45, 2.75) is 12.6 Å². The molecule has 2 heterocycles. The number of halogens is 3. The Labute approximate surface area is 181 Å². The molecule has 4 rings (SSSR count). The number of H-pyrrole nitrogens is 1. The summed E-state index contributed by atoms with van der Waals surface area (Å²) in [5.74, 6) is -1.38. The number of aromatic amines is 1. The lowest BCUT2D eigenvalue weighted by atomic mass is 10.0. The van der Waals surface area contributed by atoms with Crippen LogP contribution in [0.4, 0.5) is 18.9 Å². The van der Waals surface area contributed by atoms with Crippen molar-refractivity contribution in [1.82, 2.24) is 9.88 Å². The molecule has 1 unspecified atom stereocenters.